The lowest BCUT2D eigenvalue weighted by molar-refractivity contribution is 0.202. The van der Waals surface area contributed by atoms with E-state index in [-0.39, 0.29) is 0 Å². The van der Waals surface area contributed by atoms with Crippen LogP contribution in [0.1, 0.15) is 60.3 Å². The Hall–Kier alpha value is 0.647. The quantitative estimate of drug-likeness (QED) is 0.334. The summed E-state index contributed by atoms with van der Waals surface area (Å²) in [6, 6.07) is 0. The first-order valence-electron chi connectivity index (χ1n) is 7.62. The van der Waals surface area contributed by atoms with Crippen molar-refractivity contribution in [2.75, 3.05) is 0 Å². The maximum atomic E-state index is 6.53. The summed E-state index contributed by atoms with van der Waals surface area (Å²) in [5.74, 6) is 0.855. The Kier molecular flexibility index (Phi) is 9.13. The zero-order valence-electron chi connectivity index (χ0n) is 13.9. The highest BCUT2D eigenvalue weighted by molar-refractivity contribution is 14.1. The molecular formula is C16H33IOSi. The largest absolute Gasteiger partial charge is 0.411 e. The second kappa shape index (κ2) is 8.83. The molecule has 1 atom stereocenters. The van der Waals surface area contributed by atoms with E-state index in [0.717, 1.165) is 5.92 Å². The minimum Gasteiger partial charge on any atom is -0.411 e. The lowest BCUT2D eigenvalue weighted by atomic mass is 9.96. The van der Waals surface area contributed by atoms with Crippen molar-refractivity contribution in [3.63, 3.8) is 0 Å². The van der Waals surface area contributed by atoms with E-state index < -0.39 is 8.32 Å². The molecule has 3 heteroatoms. The van der Waals surface area contributed by atoms with Gasteiger partial charge in [0.2, 0.25) is 0 Å². The fourth-order valence-electron chi connectivity index (χ4n) is 1.93. The van der Waals surface area contributed by atoms with Crippen molar-refractivity contribution in [3.05, 3.63) is 10.2 Å². The van der Waals surface area contributed by atoms with Gasteiger partial charge in [0.1, 0.15) is 0 Å². The SMILES string of the molecule is CCC(CC)CCC(C=CI)O[Si](C)(C)C(C)(C)C. The van der Waals surface area contributed by atoms with Gasteiger partial charge in [0.25, 0.3) is 0 Å². The maximum Gasteiger partial charge on any atom is 0.192 e. The monoisotopic (exact) mass is 396 g/mol. The molecule has 0 saturated carbocycles. The minimum atomic E-state index is -1.65. The summed E-state index contributed by atoms with van der Waals surface area (Å²) in [7, 11) is -1.65. The molecule has 0 aromatic heterocycles. The summed E-state index contributed by atoms with van der Waals surface area (Å²) in [5.41, 5.74) is 0. The molecule has 0 amide bonds. The molecule has 0 aromatic rings. The molecule has 0 rings (SSSR count). The highest BCUT2D eigenvalue weighted by Gasteiger charge is 2.38. The van der Waals surface area contributed by atoms with E-state index in [0.29, 0.717) is 11.1 Å². The van der Waals surface area contributed by atoms with Gasteiger partial charge in [0, 0.05) is 0 Å². The Balaban J connectivity index is 4.58. The molecule has 0 radical (unpaired) electrons. The van der Waals surface area contributed by atoms with Crippen LogP contribution in [0.2, 0.25) is 18.1 Å². The van der Waals surface area contributed by atoms with Gasteiger partial charge in [0.15, 0.2) is 8.32 Å². The minimum absolute atomic E-state index is 0.291. The van der Waals surface area contributed by atoms with E-state index in [4.69, 9.17) is 4.43 Å². The van der Waals surface area contributed by atoms with Crippen LogP contribution in [0.5, 0.6) is 0 Å². The topological polar surface area (TPSA) is 9.23 Å². The molecule has 0 aliphatic rings. The normalized spacial score (nSPS) is 15.4. The summed E-state index contributed by atoms with van der Waals surface area (Å²) in [4.78, 5) is 0. The van der Waals surface area contributed by atoms with E-state index in [1.807, 2.05) is 0 Å². The van der Waals surface area contributed by atoms with Crippen LogP contribution in [-0.4, -0.2) is 14.4 Å². The van der Waals surface area contributed by atoms with Crippen molar-refractivity contribution < 1.29 is 4.43 Å². The molecule has 0 bridgehead atoms. The van der Waals surface area contributed by atoms with Crippen LogP contribution in [-0.2, 0) is 4.43 Å². The van der Waals surface area contributed by atoms with E-state index in [2.05, 4.69) is 80.5 Å². The Bertz CT molecular complexity index is 264. The summed E-state index contributed by atoms with van der Waals surface area (Å²) in [5, 5.41) is 0.291. The molecule has 1 nitrogen and oxygen atoms in total. The first-order valence-corrected chi connectivity index (χ1v) is 11.8. The summed E-state index contributed by atoms with van der Waals surface area (Å²) in [6.45, 7) is 16.2. The summed E-state index contributed by atoms with van der Waals surface area (Å²) in [6.07, 6.45) is 7.57. The van der Waals surface area contributed by atoms with Crippen LogP contribution in [0.3, 0.4) is 0 Å². The molecule has 0 spiro atoms. The van der Waals surface area contributed by atoms with Crippen LogP contribution in [0.4, 0.5) is 0 Å². The highest BCUT2D eigenvalue weighted by atomic mass is 127. The molecule has 0 saturated heterocycles. The van der Waals surface area contributed by atoms with Crippen molar-refractivity contribution >= 4 is 30.9 Å². The smallest absolute Gasteiger partial charge is 0.192 e. The predicted molar refractivity (Wildman–Crippen MR) is 98.5 cm³/mol. The van der Waals surface area contributed by atoms with Crippen molar-refractivity contribution in [3.8, 4) is 0 Å². The molecule has 0 aromatic carbocycles. The van der Waals surface area contributed by atoms with Gasteiger partial charge in [0.05, 0.1) is 6.10 Å². The molecule has 0 fully saturated rings. The van der Waals surface area contributed by atoms with Gasteiger partial charge in [-0.05, 0) is 41.0 Å². The van der Waals surface area contributed by atoms with Crippen LogP contribution in [0.15, 0.2) is 10.2 Å². The van der Waals surface area contributed by atoms with Crippen LogP contribution in [0, 0.1) is 5.92 Å². The van der Waals surface area contributed by atoms with E-state index >= 15 is 0 Å². The van der Waals surface area contributed by atoms with Crippen molar-refractivity contribution in [2.24, 2.45) is 5.92 Å². The standard InChI is InChI=1S/C16H33IOSi/c1-8-14(9-2)10-11-15(12-13-17)18-19(6,7)16(3,4)5/h12-15H,8-11H2,1-7H3. The Morgan fingerprint density at radius 1 is 1.11 bits per heavy atom. The van der Waals surface area contributed by atoms with E-state index in [9.17, 15) is 0 Å². The van der Waals surface area contributed by atoms with Crippen LogP contribution < -0.4 is 0 Å². The molecule has 1 unspecified atom stereocenters. The third-order valence-corrected chi connectivity index (χ3v) is 9.47. The highest BCUT2D eigenvalue weighted by Crippen LogP contribution is 2.38. The number of rotatable bonds is 8. The zero-order chi connectivity index (χ0) is 15.1. The van der Waals surface area contributed by atoms with Gasteiger partial charge in [-0.2, -0.15) is 0 Å². The molecule has 0 aliphatic carbocycles. The van der Waals surface area contributed by atoms with Gasteiger partial charge in [-0.25, -0.2) is 0 Å². The third kappa shape index (κ3) is 7.28. The molecule has 0 N–H and O–H groups in total. The van der Waals surface area contributed by atoms with Gasteiger partial charge in [-0.15, -0.1) is 0 Å². The number of halogens is 1. The fraction of sp³-hybridized carbons (Fsp3) is 0.875. The van der Waals surface area contributed by atoms with Crippen molar-refractivity contribution in [2.45, 2.75) is 84.5 Å². The number of hydrogen-bond acceptors (Lipinski definition) is 1. The second-order valence-electron chi connectivity index (χ2n) is 6.99. The van der Waals surface area contributed by atoms with Gasteiger partial charge >= 0.3 is 0 Å². The van der Waals surface area contributed by atoms with Gasteiger partial charge in [-0.1, -0.05) is 76.1 Å². The Morgan fingerprint density at radius 3 is 2.00 bits per heavy atom. The lowest BCUT2D eigenvalue weighted by Crippen LogP contribution is -2.43. The van der Waals surface area contributed by atoms with Crippen LogP contribution >= 0.6 is 22.6 Å². The maximum absolute atomic E-state index is 6.53. The Labute approximate surface area is 135 Å². The van der Waals surface area contributed by atoms with Crippen molar-refractivity contribution in [1.29, 1.82) is 0 Å². The third-order valence-electron chi connectivity index (χ3n) is 4.55. The van der Waals surface area contributed by atoms with Crippen LogP contribution in [0.25, 0.3) is 0 Å². The second-order valence-corrected chi connectivity index (χ2v) is 12.5. The molecule has 114 valence electrons. The predicted octanol–water partition coefficient (Wildman–Crippen LogP) is 6.54. The lowest BCUT2D eigenvalue weighted by Gasteiger charge is -2.39. The Morgan fingerprint density at radius 2 is 1.63 bits per heavy atom. The van der Waals surface area contributed by atoms with Gasteiger partial charge in [-0.3, -0.25) is 0 Å². The molecule has 19 heavy (non-hydrogen) atoms. The molecule has 0 heterocycles. The average molecular weight is 396 g/mol. The van der Waals surface area contributed by atoms with E-state index in [1.54, 1.807) is 0 Å². The molecular weight excluding hydrogens is 363 g/mol. The van der Waals surface area contributed by atoms with E-state index in [1.165, 1.54) is 25.7 Å². The summed E-state index contributed by atoms with van der Waals surface area (Å²) >= 11 is 2.31. The fourth-order valence-corrected chi connectivity index (χ4v) is 3.70. The zero-order valence-corrected chi connectivity index (χ0v) is 17.1. The number of hydrogen-bond donors (Lipinski definition) is 0. The van der Waals surface area contributed by atoms with Crippen molar-refractivity contribution in [1.82, 2.24) is 0 Å². The first-order chi connectivity index (χ1) is 8.67. The van der Waals surface area contributed by atoms with Gasteiger partial charge < -0.3 is 4.43 Å². The average Bonchev–Trinajstić information content (AvgIpc) is 2.28. The molecule has 0 aliphatic heterocycles. The first kappa shape index (κ1) is 19.6. The summed E-state index contributed by atoms with van der Waals surface area (Å²) < 4.78 is 8.64.